The van der Waals surface area contributed by atoms with E-state index in [1.54, 1.807) is 13.1 Å². The molecule has 0 spiro atoms. The molecule has 18 heavy (non-hydrogen) atoms. The molecule has 0 aromatic carbocycles. The Morgan fingerprint density at radius 2 is 2.22 bits per heavy atom. The zero-order valence-corrected chi connectivity index (χ0v) is 10.8. The fraction of sp³-hybridized carbons (Fsp3) is 0.538. The molecule has 1 aliphatic rings. The smallest absolute Gasteiger partial charge is 0.219 e. The van der Waals surface area contributed by atoms with Gasteiger partial charge in [-0.2, -0.15) is 0 Å². The van der Waals surface area contributed by atoms with E-state index in [1.807, 2.05) is 11.0 Å². The predicted octanol–water partition coefficient (Wildman–Crippen LogP) is 0.599. The number of pyridine rings is 1. The molecule has 1 aliphatic heterocycles. The lowest BCUT2D eigenvalue weighted by molar-refractivity contribution is -0.128. The minimum atomic E-state index is 0.155. The number of carbonyl (C=O) groups excluding carboxylic acids is 1. The van der Waals surface area contributed by atoms with E-state index in [0.717, 1.165) is 44.0 Å². The van der Waals surface area contributed by atoms with Crippen molar-refractivity contribution in [1.82, 2.24) is 9.88 Å². The van der Waals surface area contributed by atoms with Gasteiger partial charge >= 0.3 is 0 Å². The van der Waals surface area contributed by atoms with Gasteiger partial charge in [-0.05, 0) is 18.6 Å². The van der Waals surface area contributed by atoms with Crippen molar-refractivity contribution in [2.75, 3.05) is 31.1 Å². The second-order valence-corrected chi connectivity index (χ2v) is 4.52. The lowest BCUT2D eigenvalue weighted by Crippen LogP contribution is -2.34. The molecule has 2 N–H and O–H groups in total. The third-order valence-electron chi connectivity index (χ3n) is 3.34. The molecule has 1 amide bonds. The number of carbonyl (C=O) groups is 1. The first-order valence-electron chi connectivity index (χ1n) is 6.37. The molecule has 98 valence electrons. The molecule has 2 heterocycles. The monoisotopic (exact) mass is 248 g/mol. The highest BCUT2D eigenvalue weighted by Crippen LogP contribution is 2.19. The quantitative estimate of drug-likeness (QED) is 0.832. The van der Waals surface area contributed by atoms with E-state index >= 15 is 0 Å². The van der Waals surface area contributed by atoms with Gasteiger partial charge in [0.25, 0.3) is 0 Å². The van der Waals surface area contributed by atoms with Crippen molar-refractivity contribution in [1.29, 1.82) is 0 Å². The molecular weight excluding hydrogens is 228 g/mol. The molecule has 2 rings (SSSR count). The third kappa shape index (κ3) is 2.79. The van der Waals surface area contributed by atoms with Crippen LogP contribution in [0.25, 0.3) is 0 Å². The molecule has 1 aromatic rings. The van der Waals surface area contributed by atoms with Gasteiger partial charge in [-0.15, -0.1) is 0 Å². The lowest BCUT2D eigenvalue weighted by Gasteiger charge is -2.24. The zero-order valence-electron chi connectivity index (χ0n) is 10.8. The SMILES string of the molecule is CC(=O)N1CCCN(c2cccnc2CN)CC1. The summed E-state index contributed by atoms with van der Waals surface area (Å²) in [4.78, 5) is 19.9. The first kappa shape index (κ1) is 12.8. The summed E-state index contributed by atoms with van der Waals surface area (Å²) in [5, 5.41) is 0. The van der Waals surface area contributed by atoms with Crippen LogP contribution < -0.4 is 10.6 Å². The molecule has 1 fully saturated rings. The van der Waals surface area contributed by atoms with Crippen molar-refractivity contribution in [3.63, 3.8) is 0 Å². The molecule has 5 heteroatoms. The molecule has 1 aromatic heterocycles. The fourth-order valence-corrected chi connectivity index (χ4v) is 2.35. The van der Waals surface area contributed by atoms with Crippen LogP contribution in [0.2, 0.25) is 0 Å². The summed E-state index contributed by atoms with van der Waals surface area (Å²) in [5.41, 5.74) is 7.75. The second-order valence-electron chi connectivity index (χ2n) is 4.52. The summed E-state index contributed by atoms with van der Waals surface area (Å²) in [6.45, 7) is 5.48. The molecule has 5 nitrogen and oxygen atoms in total. The van der Waals surface area contributed by atoms with Gasteiger partial charge in [0.1, 0.15) is 0 Å². The summed E-state index contributed by atoms with van der Waals surface area (Å²) in [6, 6.07) is 3.99. The van der Waals surface area contributed by atoms with Crippen LogP contribution in [0.1, 0.15) is 19.0 Å². The van der Waals surface area contributed by atoms with E-state index in [1.165, 1.54) is 0 Å². The number of hydrogen-bond donors (Lipinski definition) is 1. The Bertz CT molecular complexity index is 421. The lowest BCUT2D eigenvalue weighted by atomic mass is 10.2. The fourth-order valence-electron chi connectivity index (χ4n) is 2.35. The van der Waals surface area contributed by atoms with Crippen molar-refractivity contribution in [3.05, 3.63) is 24.0 Å². The largest absolute Gasteiger partial charge is 0.368 e. The Balaban J connectivity index is 2.12. The van der Waals surface area contributed by atoms with Crippen LogP contribution in [0.4, 0.5) is 5.69 Å². The second kappa shape index (κ2) is 5.82. The number of nitrogens with two attached hydrogens (primary N) is 1. The minimum Gasteiger partial charge on any atom is -0.368 e. The van der Waals surface area contributed by atoms with Gasteiger partial charge in [-0.3, -0.25) is 9.78 Å². The standard InChI is InChI=1S/C13H20N4O/c1-11(18)16-6-3-7-17(9-8-16)13-4-2-5-15-12(13)10-14/h2,4-5H,3,6-10,14H2,1H3. The molecule has 0 atom stereocenters. The van der Waals surface area contributed by atoms with Gasteiger partial charge in [0.05, 0.1) is 11.4 Å². The zero-order chi connectivity index (χ0) is 13.0. The maximum absolute atomic E-state index is 11.4. The molecular formula is C13H20N4O. The Kier molecular flexibility index (Phi) is 4.15. The Labute approximate surface area is 108 Å². The molecule has 0 aliphatic carbocycles. The maximum Gasteiger partial charge on any atom is 0.219 e. The predicted molar refractivity (Wildman–Crippen MR) is 71.2 cm³/mol. The number of amides is 1. The van der Waals surface area contributed by atoms with Gasteiger partial charge in [0.15, 0.2) is 0 Å². The molecule has 1 saturated heterocycles. The normalized spacial score (nSPS) is 16.6. The topological polar surface area (TPSA) is 62.5 Å². The highest BCUT2D eigenvalue weighted by molar-refractivity contribution is 5.73. The third-order valence-corrected chi connectivity index (χ3v) is 3.34. The van der Waals surface area contributed by atoms with E-state index in [-0.39, 0.29) is 5.91 Å². The van der Waals surface area contributed by atoms with Crippen molar-refractivity contribution in [2.24, 2.45) is 5.73 Å². The van der Waals surface area contributed by atoms with Crippen LogP contribution >= 0.6 is 0 Å². The summed E-state index contributed by atoms with van der Waals surface area (Å²) < 4.78 is 0. The molecule has 0 unspecified atom stereocenters. The van der Waals surface area contributed by atoms with Crippen LogP contribution in [-0.2, 0) is 11.3 Å². The Morgan fingerprint density at radius 3 is 2.94 bits per heavy atom. The van der Waals surface area contributed by atoms with Crippen LogP contribution in [0.5, 0.6) is 0 Å². The van der Waals surface area contributed by atoms with E-state index in [4.69, 9.17) is 5.73 Å². The number of anilines is 1. The van der Waals surface area contributed by atoms with Gasteiger partial charge < -0.3 is 15.5 Å². The van der Waals surface area contributed by atoms with Gasteiger partial charge in [-0.25, -0.2) is 0 Å². The van der Waals surface area contributed by atoms with Crippen molar-refractivity contribution < 1.29 is 4.79 Å². The number of hydrogen-bond acceptors (Lipinski definition) is 4. The van der Waals surface area contributed by atoms with E-state index in [0.29, 0.717) is 6.54 Å². The number of nitrogens with zero attached hydrogens (tertiary/aromatic N) is 3. The average Bonchev–Trinajstić information content (AvgIpc) is 2.64. The summed E-state index contributed by atoms with van der Waals surface area (Å²) in [6.07, 6.45) is 2.75. The summed E-state index contributed by atoms with van der Waals surface area (Å²) in [5.74, 6) is 0.155. The maximum atomic E-state index is 11.4. The van der Waals surface area contributed by atoms with Crippen molar-refractivity contribution in [3.8, 4) is 0 Å². The number of rotatable bonds is 2. The van der Waals surface area contributed by atoms with E-state index in [2.05, 4.69) is 16.0 Å². The van der Waals surface area contributed by atoms with E-state index in [9.17, 15) is 4.79 Å². The van der Waals surface area contributed by atoms with Crippen LogP contribution in [-0.4, -0.2) is 42.0 Å². The first-order valence-corrected chi connectivity index (χ1v) is 6.37. The molecule has 0 radical (unpaired) electrons. The Morgan fingerprint density at radius 1 is 1.39 bits per heavy atom. The van der Waals surface area contributed by atoms with Gasteiger partial charge in [0, 0.05) is 45.8 Å². The molecule has 0 saturated carbocycles. The van der Waals surface area contributed by atoms with Crippen LogP contribution in [0.3, 0.4) is 0 Å². The summed E-state index contributed by atoms with van der Waals surface area (Å²) >= 11 is 0. The van der Waals surface area contributed by atoms with Gasteiger partial charge in [0.2, 0.25) is 5.91 Å². The van der Waals surface area contributed by atoms with E-state index < -0.39 is 0 Å². The van der Waals surface area contributed by atoms with Crippen LogP contribution in [0, 0.1) is 0 Å². The van der Waals surface area contributed by atoms with Crippen molar-refractivity contribution >= 4 is 11.6 Å². The Hall–Kier alpha value is -1.62. The van der Waals surface area contributed by atoms with Crippen molar-refractivity contribution in [2.45, 2.75) is 19.9 Å². The summed E-state index contributed by atoms with van der Waals surface area (Å²) in [7, 11) is 0. The first-order chi connectivity index (χ1) is 8.72. The highest BCUT2D eigenvalue weighted by atomic mass is 16.2. The number of aromatic nitrogens is 1. The average molecular weight is 248 g/mol. The molecule has 0 bridgehead atoms. The minimum absolute atomic E-state index is 0.155. The highest BCUT2D eigenvalue weighted by Gasteiger charge is 2.18. The van der Waals surface area contributed by atoms with Gasteiger partial charge in [-0.1, -0.05) is 0 Å². The van der Waals surface area contributed by atoms with Crippen LogP contribution in [0.15, 0.2) is 18.3 Å².